The molecule has 2 aromatic carbocycles. The van der Waals surface area contributed by atoms with Gasteiger partial charge in [-0.05, 0) is 38.1 Å². The lowest BCUT2D eigenvalue weighted by molar-refractivity contribution is -0.138. The van der Waals surface area contributed by atoms with Gasteiger partial charge in [0.15, 0.2) is 0 Å². The fraction of sp³-hybridized carbons (Fsp3) is 0.143. The minimum atomic E-state index is -0.557. The Balaban J connectivity index is 2.15. The van der Waals surface area contributed by atoms with Crippen molar-refractivity contribution in [2.45, 2.75) is 13.8 Å². The van der Waals surface area contributed by atoms with E-state index in [-0.39, 0.29) is 29.4 Å². The molecule has 0 spiro atoms. The summed E-state index contributed by atoms with van der Waals surface area (Å²) in [5.74, 6) is -0.856. The Morgan fingerprint density at radius 1 is 1.12 bits per heavy atom. The quantitative estimate of drug-likeness (QED) is 0.676. The molecule has 0 aliphatic carbocycles. The maximum atomic E-state index is 13.1. The molecule has 2 aromatic rings. The summed E-state index contributed by atoms with van der Waals surface area (Å²) in [6.07, 6.45) is 1.52. The molecule has 0 atom stereocenters. The second-order valence-electron chi connectivity index (χ2n) is 5.77. The first-order valence-electron chi connectivity index (χ1n) is 8.32. The fourth-order valence-corrected chi connectivity index (χ4v) is 2.93. The standard InChI is InChI=1S/C21H19NO4/c1-3-26-21(25)19-14(2)22(16-10-5-4-6-11-16)20(24)17(19)13-15-9-7-8-12-18(15)23/h4-13,23H,3H2,1-2H3/b17-13-. The Bertz CT molecular complexity index is 913. The zero-order chi connectivity index (χ0) is 18.7. The smallest absolute Gasteiger partial charge is 0.340 e. The van der Waals surface area contributed by atoms with Crippen LogP contribution in [0.5, 0.6) is 5.75 Å². The number of hydrogen-bond acceptors (Lipinski definition) is 4. The minimum absolute atomic E-state index is 0.0341. The molecule has 26 heavy (non-hydrogen) atoms. The molecule has 0 unspecified atom stereocenters. The van der Waals surface area contributed by atoms with Gasteiger partial charge in [0.05, 0.1) is 17.8 Å². The zero-order valence-electron chi connectivity index (χ0n) is 14.6. The van der Waals surface area contributed by atoms with Gasteiger partial charge >= 0.3 is 5.97 Å². The van der Waals surface area contributed by atoms with Gasteiger partial charge in [0.2, 0.25) is 0 Å². The summed E-state index contributed by atoms with van der Waals surface area (Å²) in [6, 6.07) is 15.8. The summed E-state index contributed by atoms with van der Waals surface area (Å²) >= 11 is 0. The van der Waals surface area contributed by atoms with E-state index in [4.69, 9.17) is 4.74 Å². The maximum Gasteiger partial charge on any atom is 0.340 e. The molecule has 1 heterocycles. The van der Waals surface area contributed by atoms with Gasteiger partial charge < -0.3 is 9.84 Å². The number of phenols is 1. The van der Waals surface area contributed by atoms with Crippen LogP contribution in [0, 0.1) is 0 Å². The number of carbonyl (C=O) groups is 2. The van der Waals surface area contributed by atoms with Gasteiger partial charge in [-0.2, -0.15) is 0 Å². The number of para-hydroxylation sites is 2. The van der Waals surface area contributed by atoms with Crippen molar-refractivity contribution in [3.63, 3.8) is 0 Å². The van der Waals surface area contributed by atoms with E-state index in [1.54, 1.807) is 44.2 Å². The normalized spacial score (nSPS) is 15.7. The van der Waals surface area contributed by atoms with E-state index in [1.165, 1.54) is 17.0 Å². The van der Waals surface area contributed by atoms with Crippen LogP contribution in [0.1, 0.15) is 19.4 Å². The Morgan fingerprint density at radius 3 is 2.42 bits per heavy atom. The van der Waals surface area contributed by atoms with Crippen molar-refractivity contribution in [1.82, 2.24) is 0 Å². The molecule has 0 radical (unpaired) electrons. The molecule has 1 N–H and O–H groups in total. The Labute approximate surface area is 151 Å². The average molecular weight is 349 g/mol. The number of carbonyl (C=O) groups excluding carboxylic acids is 2. The van der Waals surface area contributed by atoms with Crippen LogP contribution in [0.25, 0.3) is 6.08 Å². The number of benzene rings is 2. The first kappa shape index (κ1) is 17.5. The van der Waals surface area contributed by atoms with Crippen molar-refractivity contribution in [2.75, 3.05) is 11.5 Å². The summed E-state index contributed by atoms with van der Waals surface area (Å²) in [5, 5.41) is 10.0. The monoisotopic (exact) mass is 349 g/mol. The van der Waals surface area contributed by atoms with Gasteiger partial charge in [0.25, 0.3) is 5.91 Å². The first-order chi connectivity index (χ1) is 12.5. The van der Waals surface area contributed by atoms with Crippen LogP contribution < -0.4 is 4.90 Å². The third kappa shape index (κ3) is 3.11. The number of hydrogen-bond donors (Lipinski definition) is 1. The van der Waals surface area contributed by atoms with Crippen LogP contribution in [0.15, 0.2) is 71.4 Å². The molecular formula is C21H19NO4. The predicted octanol–water partition coefficient (Wildman–Crippen LogP) is 3.66. The van der Waals surface area contributed by atoms with Crippen molar-refractivity contribution in [1.29, 1.82) is 0 Å². The molecule has 0 bridgehead atoms. The lowest BCUT2D eigenvalue weighted by Crippen LogP contribution is -2.24. The van der Waals surface area contributed by atoms with Gasteiger partial charge in [-0.25, -0.2) is 4.79 Å². The highest BCUT2D eigenvalue weighted by Gasteiger charge is 2.38. The zero-order valence-corrected chi connectivity index (χ0v) is 14.6. The van der Waals surface area contributed by atoms with E-state index in [9.17, 15) is 14.7 Å². The van der Waals surface area contributed by atoms with Gasteiger partial charge in [0.1, 0.15) is 5.75 Å². The third-order valence-corrected chi connectivity index (χ3v) is 4.13. The van der Waals surface area contributed by atoms with Crippen LogP contribution in [0.2, 0.25) is 0 Å². The van der Waals surface area contributed by atoms with Crippen LogP contribution in [-0.4, -0.2) is 23.6 Å². The largest absolute Gasteiger partial charge is 0.507 e. The molecule has 1 aliphatic heterocycles. The van der Waals surface area contributed by atoms with Crippen molar-refractivity contribution in [3.05, 3.63) is 77.0 Å². The molecule has 132 valence electrons. The molecule has 3 rings (SSSR count). The summed E-state index contributed by atoms with van der Waals surface area (Å²) in [4.78, 5) is 27.1. The van der Waals surface area contributed by atoms with Crippen molar-refractivity contribution in [2.24, 2.45) is 0 Å². The van der Waals surface area contributed by atoms with Gasteiger partial charge in [-0.1, -0.05) is 36.4 Å². The Morgan fingerprint density at radius 2 is 1.77 bits per heavy atom. The average Bonchev–Trinajstić information content (AvgIpc) is 2.88. The number of rotatable bonds is 4. The summed E-state index contributed by atoms with van der Waals surface area (Å²) in [5.41, 5.74) is 2.04. The molecule has 0 saturated carbocycles. The minimum Gasteiger partial charge on any atom is -0.507 e. The van der Waals surface area contributed by atoms with E-state index in [0.29, 0.717) is 16.9 Å². The number of anilines is 1. The molecule has 5 heteroatoms. The van der Waals surface area contributed by atoms with Gasteiger partial charge in [0, 0.05) is 16.9 Å². The molecule has 1 aliphatic rings. The van der Waals surface area contributed by atoms with Gasteiger partial charge in [-0.3, -0.25) is 9.69 Å². The van der Waals surface area contributed by atoms with E-state index in [0.717, 1.165) is 0 Å². The Kier molecular flexibility index (Phi) is 4.89. The summed E-state index contributed by atoms with van der Waals surface area (Å²) in [6.45, 7) is 3.63. The lowest BCUT2D eigenvalue weighted by atomic mass is 10.0. The predicted molar refractivity (Wildman–Crippen MR) is 99.3 cm³/mol. The van der Waals surface area contributed by atoms with Crippen LogP contribution >= 0.6 is 0 Å². The number of phenolic OH excluding ortho intramolecular Hbond substituents is 1. The van der Waals surface area contributed by atoms with Crippen LogP contribution in [-0.2, 0) is 14.3 Å². The number of allylic oxidation sites excluding steroid dienone is 1. The van der Waals surface area contributed by atoms with Crippen LogP contribution in [0.3, 0.4) is 0 Å². The highest BCUT2D eigenvalue weighted by atomic mass is 16.5. The summed E-state index contributed by atoms with van der Waals surface area (Å²) in [7, 11) is 0. The fourth-order valence-electron chi connectivity index (χ4n) is 2.93. The van der Waals surface area contributed by atoms with Crippen molar-refractivity contribution in [3.8, 4) is 5.75 Å². The highest BCUT2D eigenvalue weighted by molar-refractivity contribution is 6.23. The highest BCUT2D eigenvalue weighted by Crippen LogP contribution is 2.36. The topological polar surface area (TPSA) is 66.8 Å². The van der Waals surface area contributed by atoms with Crippen molar-refractivity contribution < 1.29 is 19.4 Å². The molecular weight excluding hydrogens is 330 g/mol. The molecule has 0 aromatic heterocycles. The van der Waals surface area contributed by atoms with Gasteiger partial charge in [-0.15, -0.1) is 0 Å². The Hall–Kier alpha value is -3.34. The molecule has 0 saturated heterocycles. The molecule has 1 amide bonds. The summed E-state index contributed by atoms with van der Waals surface area (Å²) < 4.78 is 5.15. The number of nitrogens with zero attached hydrogens (tertiary/aromatic N) is 1. The number of amides is 1. The maximum absolute atomic E-state index is 13.1. The molecule has 0 fully saturated rings. The van der Waals surface area contributed by atoms with E-state index >= 15 is 0 Å². The third-order valence-electron chi connectivity index (χ3n) is 4.13. The van der Waals surface area contributed by atoms with Crippen molar-refractivity contribution >= 4 is 23.6 Å². The number of aromatic hydroxyl groups is 1. The van der Waals surface area contributed by atoms with Crippen LogP contribution in [0.4, 0.5) is 5.69 Å². The molecule has 5 nitrogen and oxygen atoms in total. The first-order valence-corrected chi connectivity index (χ1v) is 8.32. The SMILES string of the molecule is CCOC(=O)C1=C(C)N(c2ccccc2)C(=O)/C1=C\c1ccccc1O. The second-order valence-corrected chi connectivity index (χ2v) is 5.77. The van der Waals surface area contributed by atoms with E-state index < -0.39 is 5.97 Å². The number of esters is 1. The van der Waals surface area contributed by atoms with E-state index in [2.05, 4.69) is 0 Å². The second kappa shape index (κ2) is 7.27. The number of ether oxygens (including phenoxy) is 1. The van der Waals surface area contributed by atoms with E-state index in [1.807, 2.05) is 18.2 Å². The lowest BCUT2D eigenvalue weighted by Gasteiger charge is -2.17.